The number of nitrogens with zero attached hydrogens (tertiary/aromatic N) is 4. The minimum Gasteiger partial charge on any atom is -0.396 e. The molecule has 5 heterocycles. The Labute approximate surface area is 217 Å². The molecule has 2 fully saturated rings. The number of halogens is 3. The Hall–Kier alpha value is -3.45. The Morgan fingerprint density at radius 1 is 1.26 bits per heavy atom. The van der Waals surface area contributed by atoms with Crippen molar-refractivity contribution >= 4 is 28.6 Å². The van der Waals surface area contributed by atoms with Crippen LogP contribution < -0.4 is 16.4 Å². The molecule has 204 valence electrons. The molecule has 5 rings (SSSR count). The molecule has 0 aromatic carbocycles. The molecule has 38 heavy (non-hydrogen) atoms. The highest BCUT2D eigenvalue weighted by Crippen LogP contribution is 2.35. The second-order valence-corrected chi connectivity index (χ2v) is 9.97. The number of H-pyrrole nitrogens is 1. The first-order valence-corrected chi connectivity index (χ1v) is 12.6. The molecule has 0 radical (unpaired) electrons. The fourth-order valence-electron chi connectivity index (χ4n) is 5.26. The van der Waals surface area contributed by atoms with Crippen molar-refractivity contribution in [1.82, 2.24) is 30.2 Å². The van der Waals surface area contributed by atoms with E-state index in [1.165, 1.54) is 6.20 Å². The standard InChI is InChI=1S/C25H31F3N8O2/c1-13(14-3-5-36(6-4-14)23(37)20-8-16(38-2)10-30-20)34-24-33-12-19(29)21(35-24)18-11-32-22-17(18)7-15(9-31-22)25(26,27)28/h7,9,11-14,16,20,30H,3-6,8,10,29H2,1-2H3,(H,31,32)(H,33,34,35)/t13-,16-,20-/m1/s1. The largest absolute Gasteiger partial charge is 0.417 e. The second kappa shape index (κ2) is 10.4. The molecule has 0 bridgehead atoms. The summed E-state index contributed by atoms with van der Waals surface area (Å²) >= 11 is 0. The number of hydrogen-bond donors (Lipinski definition) is 4. The van der Waals surface area contributed by atoms with Gasteiger partial charge in [0.1, 0.15) is 11.3 Å². The van der Waals surface area contributed by atoms with Gasteiger partial charge in [-0.1, -0.05) is 0 Å². The van der Waals surface area contributed by atoms with Crippen molar-refractivity contribution in [2.45, 2.75) is 50.6 Å². The number of ether oxygens (including phenoxy) is 1. The number of amides is 1. The van der Waals surface area contributed by atoms with Crippen LogP contribution in [0.1, 0.15) is 31.7 Å². The highest BCUT2D eigenvalue weighted by Gasteiger charge is 2.35. The number of rotatable bonds is 6. The third-order valence-corrected chi connectivity index (χ3v) is 7.57. The summed E-state index contributed by atoms with van der Waals surface area (Å²) in [6.45, 7) is 4.06. The van der Waals surface area contributed by atoms with Gasteiger partial charge in [0.05, 0.1) is 29.6 Å². The van der Waals surface area contributed by atoms with E-state index in [4.69, 9.17) is 10.5 Å². The number of aromatic amines is 1. The Bertz CT molecular complexity index is 1310. The zero-order valence-electron chi connectivity index (χ0n) is 21.2. The number of aromatic nitrogens is 4. The number of alkyl halides is 3. The van der Waals surface area contributed by atoms with Crippen LogP contribution in [0.5, 0.6) is 0 Å². The molecule has 10 nitrogen and oxygen atoms in total. The predicted octanol–water partition coefficient (Wildman–Crippen LogP) is 3.04. The molecule has 0 unspecified atom stereocenters. The van der Waals surface area contributed by atoms with Crippen molar-refractivity contribution < 1.29 is 22.7 Å². The number of pyridine rings is 1. The van der Waals surface area contributed by atoms with Gasteiger partial charge in [0.25, 0.3) is 0 Å². The number of carbonyl (C=O) groups is 1. The third kappa shape index (κ3) is 5.25. The lowest BCUT2D eigenvalue weighted by atomic mass is 9.90. The fourth-order valence-corrected chi connectivity index (χ4v) is 5.26. The number of nitrogens with one attached hydrogen (secondary N) is 3. The number of methoxy groups -OCH3 is 1. The Morgan fingerprint density at radius 3 is 2.71 bits per heavy atom. The van der Waals surface area contributed by atoms with Gasteiger partial charge in [-0.15, -0.1) is 0 Å². The molecule has 0 saturated carbocycles. The zero-order valence-corrected chi connectivity index (χ0v) is 21.2. The van der Waals surface area contributed by atoms with Gasteiger partial charge < -0.3 is 31.0 Å². The van der Waals surface area contributed by atoms with Crippen molar-refractivity contribution in [2.75, 3.05) is 37.8 Å². The molecule has 2 aliphatic heterocycles. The lowest BCUT2D eigenvalue weighted by Gasteiger charge is -2.36. The summed E-state index contributed by atoms with van der Waals surface area (Å²) in [6, 6.07) is 0.852. The number of nitrogen functional groups attached to an aromatic ring is 1. The first-order valence-electron chi connectivity index (χ1n) is 12.6. The van der Waals surface area contributed by atoms with Gasteiger partial charge in [0.2, 0.25) is 11.9 Å². The molecule has 0 spiro atoms. The number of likely N-dealkylation sites (tertiary alicyclic amines) is 1. The molecular formula is C25H31F3N8O2. The maximum absolute atomic E-state index is 13.3. The quantitative estimate of drug-likeness (QED) is 0.381. The van der Waals surface area contributed by atoms with E-state index >= 15 is 0 Å². The summed E-state index contributed by atoms with van der Waals surface area (Å²) in [6.07, 6.45) is 1.68. The summed E-state index contributed by atoms with van der Waals surface area (Å²) in [5.41, 5.74) is 6.55. The first-order chi connectivity index (χ1) is 18.1. The molecule has 5 N–H and O–H groups in total. The smallest absolute Gasteiger partial charge is 0.396 e. The number of fused-ring (bicyclic) bond motifs is 1. The molecule has 13 heteroatoms. The number of anilines is 2. The monoisotopic (exact) mass is 532 g/mol. The molecule has 3 aromatic heterocycles. The average molecular weight is 533 g/mol. The maximum atomic E-state index is 13.3. The summed E-state index contributed by atoms with van der Waals surface area (Å²) in [4.78, 5) is 30.4. The summed E-state index contributed by atoms with van der Waals surface area (Å²) in [5, 5.41) is 6.84. The molecule has 2 aliphatic rings. The molecule has 3 atom stereocenters. The van der Waals surface area contributed by atoms with Crippen molar-refractivity contribution in [2.24, 2.45) is 5.92 Å². The van der Waals surface area contributed by atoms with Gasteiger partial charge >= 0.3 is 6.18 Å². The van der Waals surface area contributed by atoms with E-state index in [2.05, 4.69) is 30.6 Å². The van der Waals surface area contributed by atoms with E-state index in [1.54, 1.807) is 13.3 Å². The van der Waals surface area contributed by atoms with Gasteiger partial charge in [-0.2, -0.15) is 13.2 Å². The van der Waals surface area contributed by atoms with Gasteiger partial charge in [-0.25, -0.2) is 15.0 Å². The minimum absolute atomic E-state index is 0.00710. The van der Waals surface area contributed by atoms with E-state index in [1.807, 2.05) is 11.8 Å². The van der Waals surface area contributed by atoms with Crippen molar-refractivity contribution in [3.63, 3.8) is 0 Å². The highest BCUT2D eigenvalue weighted by atomic mass is 19.4. The summed E-state index contributed by atoms with van der Waals surface area (Å²) < 4.78 is 45.1. The number of carbonyl (C=O) groups excluding carboxylic acids is 1. The Balaban J connectivity index is 1.25. The van der Waals surface area contributed by atoms with Crippen LogP contribution >= 0.6 is 0 Å². The summed E-state index contributed by atoms with van der Waals surface area (Å²) in [7, 11) is 1.66. The summed E-state index contributed by atoms with van der Waals surface area (Å²) in [5.74, 6) is 0.742. The number of piperidine rings is 1. The predicted molar refractivity (Wildman–Crippen MR) is 136 cm³/mol. The fraction of sp³-hybridized carbons (Fsp3) is 0.520. The van der Waals surface area contributed by atoms with Crippen LogP contribution in [-0.4, -0.2) is 75.7 Å². The molecule has 2 saturated heterocycles. The maximum Gasteiger partial charge on any atom is 0.417 e. The SMILES string of the molecule is CO[C@H]1CN[C@@H](C(=O)N2CCC([C@@H](C)Nc3ncc(N)c(-c4c[nH]c5ncc(C(F)(F)F)cc45)n3)CC2)C1. The Morgan fingerprint density at radius 2 is 2.03 bits per heavy atom. The van der Waals surface area contributed by atoms with Crippen LogP contribution in [0.4, 0.5) is 24.8 Å². The van der Waals surface area contributed by atoms with Gasteiger partial charge in [0, 0.05) is 56.1 Å². The molecular weight excluding hydrogens is 501 g/mol. The minimum atomic E-state index is -4.52. The van der Waals surface area contributed by atoms with Crippen molar-refractivity contribution in [3.05, 3.63) is 30.2 Å². The first kappa shape index (κ1) is 26.2. The normalized spacial score (nSPS) is 21.7. The zero-order chi connectivity index (χ0) is 27.0. The number of hydrogen-bond acceptors (Lipinski definition) is 8. The molecule has 3 aromatic rings. The van der Waals surface area contributed by atoms with Crippen molar-refractivity contribution in [1.29, 1.82) is 0 Å². The molecule has 1 amide bonds. The van der Waals surface area contributed by atoms with Crippen LogP contribution in [0.25, 0.3) is 22.3 Å². The third-order valence-electron chi connectivity index (χ3n) is 7.57. The van der Waals surface area contributed by atoms with Gasteiger partial charge in [-0.3, -0.25) is 4.79 Å². The van der Waals surface area contributed by atoms with E-state index in [0.29, 0.717) is 54.8 Å². The van der Waals surface area contributed by atoms with Crippen molar-refractivity contribution in [3.8, 4) is 11.3 Å². The van der Waals surface area contributed by atoms with Crippen LogP contribution in [0.2, 0.25) is 0 Å². The number of nitrogens with two attached hydrogens (primary N) is 1. The van der Waals surface area contributed by atoms with Crippen LogP contribution in [0, 0.1) is 5.92 Å². The Kier molecular flexibility index (Phi) is 7.14. The van der Waals surface area contributed by atoms with Gasteiger partial charge in [0.15, 0.2) is 0 Å². The second-order valence-electron chi connectivity index (χ2n) is 9.97. The average Bonchev–Trinajstić information content (AvgIpc) is 3.56. The van der Waals surface area contributed by atoms with E-state index < -0.39 is 11.7 Å². The highest BCUT2D eigenvalue weighted by molar-refractivity contribution is 5.95. The van der Waals surface area contributed by atoms with E-state index in [0.717, 1.165) is 25.1 Å². The van der Waals surface area contributed by atoms with E-state index in [9.17, 15) is 18.0 Å². The van der Waals surface area contributed by atoms with Crippen LogP contribution in [-0.2, 0) is 15.7 Å². The lowest BCUT2D eigenvalue weighted by Crippen LogP contribution is -2.48. The van der Waals surface area contributed by atoms with E-state index in [-0.39, 0.29) is 35.2 Å². The van der Waals surface area contributed by atoms with Crippen LogP contribution in [0.15, 0.2) is 24.7 Å². The van der Waals surface area contributed by atoms with Crippen LogP contribution in [0.3, 0.4) is 0 Å². The lowest BCUT2D eigenvalue weighted by molar-refractivity contribution is -0.137. The molecule has 0 aliphatic carbocycles. The topological polar surface area (TPSA) is 134 Å². The van der Waals surface area contributed by atoms with Gasteiger partial charge in [-0.05, 0) is 38.2 Å².